The Morgan fingerprint density at radius 2 is 1.64 bits per heavy atom. The first-order chi connectivity index (χ1) is 13.3. The minimum atomic E-state index is -0.723. The van der Waals surface area contributed by atoms with Gasteiger partial charge < -0.3 is 10.6 Å². The average Bonchev–Trinajstić information content (AvgIpc) is 2.99. The maximum Gasteiger partial charge on any atom is 0.261 e. The lowest BCUT2D eigenvalue weighted by molar-refractivity contribution is 0.0953. The van der Waals surface area contributed by atoms with Gasteiger partial charge in [-0.1, -0.05) is 6.07 Å². The van der Waals surface area contributed by atoms with Crippen molar-refractivity contribution >= 4 is 28.2 Å². The average molecular weight is 404 g/mol. The van der Waals surface area contributed by atoms with Crippen LogP contribution in [0.25, 0.3) is 0 Å². The first kappa shape index (κ1) is 19.6. The van der Waals surface area contributed by atoms with Crippen molar-refractivity contribution in [1.82, 2.24) is 5.32 Å². The highest BCUT2D eigenvalue weighted by atomic mass is 32.1. The molecule has 1 heterocycles. The van der Waals surface area contributed by atoms with Gasteiger partial charge in [0.1, 0.15) is 17.5 Å². The van der Waals surface area contributed by atoms with Crippen LogP contribution in [-0.4, -0.2) is 11.8 Å². The maximum atomic E-state index is 13.2. The largest absolute Gasteiger partial charge is 0.347 e. The molecular formula is C20H15F3N2O2S. The van der Waals surface area contributed by atoms with Crippen LogP contribution < -0.4 is 10.6 Å². The Morgan fingerprint density at radius 1 is 0.929 bits per heavy atom. The third-order valence-corrected chi connectivity index (χ3v) is 4.97. The van der Waals surface area contributed by atoms with Crippen molar-refractivity contribution in [3.63, 3.8) is 0 Å². The van der Waals surface area contributed by atoms with Crippen LogP contribution >= 0.6 is 11.3 Å². The van der Waals surface area contributed by atoms with Crippen LogP contribution in [0.15, 0.2) is 48.5 Å². The summed E-state index contributed by atoms with van der Waals surface area (Å²) in [5, 5.41) is 5.64. The van der Waals surface area contributed by atoms with E-state index < -0.39 is 29.3 Å². The Kier molecular flexibility index (Phi) is 5.79. The Balaban J connectivity index is 1.67. The van der Waals surface area contributed by atoms with Gasteiger partial charge in [0.2, 0.25) is 0 Å². The van der Waals surface area contributed by atoms with Crippen LogP contribution in [0.2, 0.25) is 0 Å². The molecule has 0 saturated carbocycles. The summed E-state index contributed by atoms with van der Waals surface area (Å²) in [6.45, 7) is 1.65. The number of carbonyl (C=O) groups excluding carboxylic acids is 2. The zero-order valence-electron chi connectivity index (χ0n) is 14.7. The third-order valence-electron chi connectivity index (χ3n) is 3.82. The predicted molar refractivity (Wildman–Crippen MR) is 101 cm³/mol. The number of aryl methyl sites for hydroxylation is 1. The van der Waals surface area contributed by atoms with Crippen molar-refractivity contribution < 1.29 is 22.8 Å². The second-order valence-corrected chi connectivity index (χ2v) is 7.10. The molecule has 8 heteroatoms. The number of anilines is 1. The molecule has 0 saturated heterocycles. The van der Waals surface area contributed by atoms with Crippen LogP contribution in [0.3, 0.4) is 0 Å². The van der Waals surface area contributed by atoms with Gasteiger partial charge in [0, 0.05) is 18.2 Å². The Bertz CT molecular complexity index is 1030. The van der Waals surface area contributed by atoms with E-state index in [1.807, 2.05) is 0 Å². The fraction of sp³-hybridized carbons (Fsp3) is 0.100. The molecule has 2 aromatic carbocycles. The van der Waals surface area contributed by atoms with E-state index in [0.717, 1.165) is 35.6 Å². The molecular weight excluding hydrogens is 389 g/mol. The lowest BCUT2D eigenvalue weighted by Gasteiger charge is -2.05. The van der Waals surface area contributed by atoms with Gasteiger partial charge in [-0.3, -0.25) is 9.59 Å². The smallest absolute Gasteiger partial charge is 0.261 e. The summed E-state index contributed by atoms with van der Waals surface area (Å²) < 4.78 is 39.7. The molecule has 144 valence electrons. The molecule has 1 aromatic heterocycles. The lowest BCUT2D eigenvalue weighted by Crippen LogP contribution is -2.22. The highest BCUT2D eigenvalue weighted by molar-refractivity contribution is 7.18. The first-order valence-electron chi connectivity index (χ1n) is 8.22. The van der Waals surface area contributed by atoms with Crippen LogP contribution in [0.5, 0.6) is 0 Å². The molecule has 0 radical (unpaired) electrons. The number of amides is 2. The Morgan fingerprint density at radius 3 is 2.32 bits per heavy atom. The van der Waals surface area contributed by atoms with Crippen molar-refractivity contribution in [2.75, 3.05) is 5.32 Å². The number of hydrogen-bond donors (Lipinski definition) is 2. The molecule has 0 aliphatic rings. The van der Waals surface area contributed by atoms with E-state index >= 15 is 0 Å². The normalized spacial score (nSPS) is 10.6. The zero-order valence-corrected chi connectivity index (χ0v) is 15.5. The molecule has 4 nitrogen and oxygen atoms in total. The van der Waals surface area contributed by atoms with E-state index in [-0.39, 0.29) is 12.1 Å². The van der Waals surface area contributed by atoms with Gasteiger partial charge in [0.15, 0.2) is 0 Å². The summed E-state index contributed by atoms with van der Waals surface area (Å²) in [4.78, 5) is 24.9. The van der Waals surface area contributed by atoms with Crippen molar-refractivity contribution in [1.29, 1.82) is 0 Å². The van der Waals surface area contributed by atoms with Gasteiger partial charge in [0.05, 0.1) is 9.88 Å². The molecule has 2 N–H and O–H groups in total. The van der Waals surface area contributed by atoms with Crippen LogP contribution in [-0.2, 0) is 6.54 Å². The lowest BCUT2D eigenvalue weighted by atomic mass is 10.2. The van der Waals surface area contributed by atoms with Gasteiger partial charge in [-0.2, -0.15) is 0 Å². The Labute approximate surface area is 163 Å². The molecule has 3 rings (SSSR count). The number of hydrogen-bond acceptors (Lipinski definition) is 3. The number of benzene rings is 2. The topological polar surface area (TPSA) is 58.2 Å². The summed E-state index contributed by atoms with van der Waals surface area (Å²) in [5.74, 6) is -2.90. The third kappa shape index (κ3) is 4.77. The predicted octanol–water partition coefficient (Wildman–Crippen LogP) is 4.66. The van der Waals surface area contributed by atoms with Crippen molar-refractivity contribution in [2.24, 2.45) is 0 Å². The molecule has 3 aromatic rings. The summed E-state index contributed by atoms with van der Waals surface area (Å²) in [6.07, 6.45) is 0. The molecule has 28 heavy (non-hydrogen) atoms. The monoisotopic (exact) mass is 404 g/mol. The van der Waals surface area contributed by atoms with Gasteiger partial charge in [-0.05, 0) is 54.4 Å². The molecule has 0 spiro atoms. The number of carbonyl (C=O) groups is 2. The van der Waals surface area contributed by atoms with E-state index in [0.29, 0.717) is 21.0 Å². The van der Waals surface area contributed by atoms with E-state index in [4.69, 9.17) is 0 Å². The summed E-state index contributed by atoms with van der Waals surface area (Å²) in [6, 6.07) is 9.90. The number of thiophene rings is 1. The van der Waals surface area contributed by atoms with E-state index in [9.17, 15) is 22.8 Å². The van der Waals surface area contributed by atoms with Gasteiger partial charge >= 0.3 is 0 Å². The van der Waals surface area contributed by atoms with Crippen molar-refractivity contribution in [3.8, 4) is 0 Å². The quantitative estimate of drug-likeness (QED) is 0.650. The second-order valence-electron chi connectivity index (χ2n) is 6.05. The highest BCUT2D eigenvalue weighted by Gasteiger charge is 2.16. The molecule has 0 atom stereocenters. The fourth-order valence-electron chi connectivity index (χ4n) is 2.56. The van der Waals surface area contributed by atoms with E-state index in [1.165, 1.54) is 18.2 Å². The summed E-state index contributed by atoms with van der Waals surface area (Å²) in [7, 11) is 0. The molecule has 0 aliphatic carbocycles. The van der Waals surface area contributed by atoms with Gasteiger partial charge in [0.25, 0.3) is 11.8 Å². The second kappa shape index (κ2) is 8.26. The molecule has 0 fully saturated rings. The number of halogens is 3. The zero-order chi connectivity index (χ0) is 20.3. The SMILES string of the molecule is Cc1cc(NC(=O)c2cccc(F)c2)sc1C(=O)NCc1cc(F)cc(F)c1. The standard InChI is InChI=1S/C20H15F3N2O2S/c1-11-5-17(25-19(26)13-3-2-4-14(21)8-13)28-18(11)20(27)24-10-12-6-15(22)9-16(23)7-12/h2-9H,10H2,1H3,(H,24,27)(H,25,26). The van der Waals surface area contributed by atoms with Crippen LogP contribution in [0.4, 0.5) is 18.2 Å². The van der Waals surface area contributed by atoms with Crippen LogP contribution in [0, 0.1) is 24.4 Å². The molecule has 0 unspecified atom stereocenters. The van der Waals surface area contributed by atoms with E-state index in [2.05, 4.69) is 10.6 Å². The number of nitrogens with one attached hydrogen (secondary N) is 2. The van der Waals surface area contributed by atoms with Crippen LogP contribution in [0.1, 0.15) is 31.2 Å². The van der Waals surface area contributed by atoms with Gasteiger partial charge in [-0.25, -0.2) is 13.2 Å². The summed E-state index contributed by atoms with van der Waals surface area (Å²) in [5.41, 5.74) is 1.08. The maximum absolute atomic E-state index is 13.2. The van der Waals surface area contributed by atoms with E-state index in [1.54, 1.807) is 13.0 Å². The van der Waals surface area contributed by atoms with Crippen molar-refractivity contribution in [3.05, 3.63) is 87.6 Å². The molecule has 2 amide bonds. The van der Waals surface area contributed by atoms with Gasteiger partial charge in [-0.15, -0.1) is 11.3 Å². The molecule has 0 bridgehead atoms. The minimum absolute atomic E-state index is 0.0458. The first-order valence-corrected chi connectivity index (χ1v) is 9.04. The summed E-state index contributed by atoms with van der Waals surface area (Å²) >= 11 is 1.05. The minimum Gasteiger partial charge on any atom is -0.347 e. The fourth-order valence-corrected chi connectivity index (χ4v) is 3.54. The Hall–Kier alpha value is -3.13. The van der Waals surface area contributed by atoms with Crippen molar-refractivity contribution in [2.45, 2.75) is 13.5 Å². The molecule has 0 aliphatic heterocycles. The highest BCUT2D eigenvalue weighted by Crippen LogP contribution is 2.27. The number of rotatable bonds is 5.